The third-order valence-corrected chi connectivity index (χ3v) is 2.70. The van der Waals surface area contributed by atoms with Crippen LogP contribution in [0.4, 0.5) is 0 Å². The number of hydrogen-bond donors (Lipinski definition) is 2. The number of carboxylic acid groups (broad SMARTS) is 1. The molecule has 0 amide bonds. The normalized spacial score (nSPS) is 10.7. The fourth-order valence-electron chi connectivity index (χ4n) is 1.82. The number of aromatic carboxylic acids is 1. The second-order valence-electron chi connectivity index (χ2n) is 3.90. The van der Waals surface area contributed by atoms with Gasteiger partial charge in [-0.2, -0.15) is 0 Å². The van der Waals surface area contributed by atoms with E-state index in [1.165, 1.54) is 24.5 Å². The second-order valence-corrected chi connectivity index (χ2v) is 3.90. The number of nitrogens with zero attached hydrogens (tertiary/aromatic N) is 1. The first-order valence-electron chi connectivity index (χ1n) is 5.47. The van der Waals surface area contributed by atoms with Crippen molar-refractivity contribution in [2.24, 2.45) is 0 Å². The van der Waals surface area contributed by atoms with Crippen molar-refractivity contribution in [3.8, 4) is 11.5 Å². The van der Waals surface area contributed by atoms with E-state index in [1.54, 1.807) is 12.1 Å². The van der Waals surface area contributed by atoms with Gasteiger partial charge in [0.25, 0.3) is 0 Å². The number of oxazole rings is 1. The molecule has 6 heteroatoms. The molecule has 19 heavy (non-hydrogen) atoms. The smallest absolute Gasteiger partial charge is 0.338 e. The third-order valence-electron chi connectivity index (χ3n) is 2.70. The zero-order chi connectivity index (χ0) is 13.4. The lowest BCUT2D eigenvalue weighted by atomic mass is 10.2. The molecule has 2 N–H and O–H groups in total. The van der Waals surface area contributed by atoms with Gasteiger partial charge in [0.15, 0.2) is 11.0 Å². The van der Waals surface area contributed by atoms with Crippen molar-refractivity contribution >= 4 is 17.1 Å². The van der Waals surface area contributed by atoms with E-state index in [2.05, 4.69) is 9.97 Å². The summed E-state index contributed by atoms with van der Waals surface area (Å²) >= 11 is 0. The summed E-state index contributed by atoms with van der Waals surface area (Å²) in [6, 6.07) is 5.96. The molecule has 0 saturated heterocycles. The highest BCUT2D eigenvalue weighted by Crippen LogP contribution is 2.24. The number of carboxylic acids is 1. The Hall–Kier alpha value is -2.89. The number of aromatic nitrogens is 2. The van der Waals surface area contributed by atoms with Crippen molar-refractivity contribution in [2.75, 3.05) is 0 Å². The molecule has 0 fully saturated rings. The van der Waals surface area contributed by atoms with Crippen LogP contribution in [0.1, 0.15) is 10.4 Å². The molecular formula is C13H8N2O4. The Kier molecular flexibility index (Phi) is 2.42. The molecule has 0 saturated carbocycles. The summed E-state index contributed by atoms with van der Waals surface area (Å²) < 4.78 is 5.43. The molecule has 0 aliphatic heterocycles. The maximum Gasteiger partial charge on any atom is 0.338 e. The molecule has 0 bridgehead atoms. The number of benzene rings is 1. The Morgan fingerprint density at radius 3 is 2.89 bits per heavy atom. The van der Waals surface area contributed by atoms with Crippen molar-refractivity contribution < 1.29 is 14.3 Å². The second kappa shape index (κ2) is 4.09. The van der Waals surface area contributed by atoms with Gasteiger partial charge >= 0.3 is 5.97 Å². The van der Waals surface area contributed by atoms with Crippen LogP contribution in [0.2, 0.25) is 0 Å². The van der Waals surface area contributed by atoms with E-state index < -0.39 is 5.97 Å². The number of aromatic amines is 1. The average Bonchev–Trinajstić information content (AvgIpc) is 2.82. The largest absolute Gasteiger partial charge is 0.478 e. The van der Waals surface area contributed by atoms with Crippen molar-refractivity contribution in [3.05, 3.63) is 52.4 Å². The maximum absolute atomic E-state index is 11.7. The number of para-hydroxylation sites is 1. The summed E-state index contributed by atoms with van der Waals surface area (Å²) in [4.78, 5) is 29.6. The van der Waals surface area contributed by atoms with Gasteiger partial charge in [-0.05, 0) is 12.1 Å². The zero-order valence-electron chi connectivity index (χ0n) is 9.58. The van der Waals surface area contributed by atoms with Crippen LogP contribution in [0.3, 0.4) is 0 Å². The number of carbonyl (C=O) groups is 1. The van der Waals surface area contributed by atoms with Crippen LogP contribution in [0.5, 0.6) is 0 Å². The van der Waals surface area contributed by atoms with E-state index in [0.717, 1.165) is 0 Å². The van der Waals surface area contributed by atoms with E-state index in [9.17, 15) is 9.59 Å². The molecule has 6 nitrogen and oxygen atoms in total. The van der Waals surface area contributed by atoms with Gasteiger partial charge in [0.05, 0.1) is 5.56 Å². The number of pyridine rings is 1. The monoisotopic (exact) mass is 256 g/mol. The Labute approximate surface area is 106 Å². The molecule has 0 aliphatic rings. The number of fused-ring (bicyclic) bond motifs is 1. The average molecular weight is 256 g/mol. The molecule has 94 valence electrons. The molecular weight excluding hydrogens is 248 g/mol. The number of H-pyrrole nitrogens is 1. The summed E-state index contributed by atoms with van der Waals surface area (Å²) in [6.07, 6.45) is 2.96. The van der Waals surface area contributed by atoms with Crippen molar-refractivity contribution in [1.29, 1.82) is 0 Å². The van der Waals surface area contributed by atoms with Gasteiger partial charge in [-0.1, -0.05) is 6.07 Å². The first kappa shape index (κ1) is 11.2. The van der Waals surface area contributed by atoms with E-state index >= 15 is 0 Å². The molecule has 0 spiro atoms. The lowest BCUT2D eigenvalue weighted by molar-refractivity contribution is 0.0699. The van der Waals surface area contributed by atoms with Gasteiger partial charge in [0.2, 0.25) is 5.89 Å². The first-order chi connectivity index (χ1) is 9.16. The lowest BCUT2D eigenvalue weighted by Crippen LogP contribution is -2.02. The predicted octanol–water partition coefficient (Wildman–Crippen LogP) is 1.88. The van der Waals surface area contributed by atoms with Crippen LogP contribution >= 0.6 is 0 Å². The Morgan fingerprint density at radius 1 is 1.32 bits per heavy atom. The summed E-state index contributed by atoms with van der Waals surface area (Å²) in [7, 11) is 0. The fourth-order valence-corrected chi connectivity index (χ4v) is 1.82. The molecule has 2 aromatic heterocycles. The molecule has 1 aromatic carbocycles. The van der Waals surface area contributed by atoms with Crippen LogP contribution < -0.4 is 5.43 Å². The van der Waals surface area contributed by atoms with Gasteiger partial charge < -0.3 is 14.5 Å². The highest BCUT2D eigenvalue weighted by Gasteiger charge is 2.16. The highest BCUT2D eigenvalue weighted by molar-refractivity contribution is 6.00. The summed E-state index contributed by atoms with van der Waals surface area (Å²) in [6.45, 7) is 0. The van der Waals surface area contributed by atoms with Crippen molar-refractivity contribution in [1.82, 2.24) is 9.97 Å². The van der Waals surface area contributed by atoms with Crippen molar-refractivity contribution in [3.63, 3.8) is 0 Å². The minimum atomic E-state index is -1.09. The Balaban J connectivity index is 2.29. The molecule has 2 heterocycles. The molecule has 3 rings (SSSR count). The Morgan fingerprint density at radius 2 is 2.16 bits per heavy atom. The molecule has 0 radical (unpaired) electrons. The summed E-state index contributed by atoms with van der Waals surface area (Å²) in [5.74, 6) is -0.988. The Bertz CT molecular complexity index is 832. The van der Waals surface area contributed by atoms with Crippen LogP contribution in [0.15, 0.2) is 45.9 Å². The van der Waals surface area contributed by atoms with E-state index in [1.807, 2.05) is 0 Å². The van der Waals surface area contributed by atoms with E-state index in [4.69, 9.17) is 9.52 Å². The number of hydrogen-bond acceptors (Lipinski definition) is 4. The summed E-state index contributed by atoms with van der Waals surface area (Å²) in [5, 5.41) is 9.07. The van der Waals surface area contributed by atoms with Crippen LogP contribution in [0.25, 0.3) is 22.6 Å². The van der Waals surface area contributed by atoms with Crippen LogP contribution in [0, 0.1) is 0 Å². The topological polar surface area (TPSA) is 96.2 Å². The molecule has 0 atom stereocenters. The quantitative estimate of drug-likeness (QED) is 0.729. The van der Waals surface area contributed by atoms with Gasteiger partial charge in [0.1, 0.15) is 11.1 Å². The molecule has 3 aromatic rings. The van der Waals surface area contributed by atoms with Gasteiger partial charge in [-0.15, -0.1) is 0 Å². The molecule has 0 unspecified atom stereocenters. The van der Waals surface area contributed by atoms with Gasteiger partial charge in [0, 0.05) is 18.5 Å². The third kappa shape index (κ3) is 1.79. The number of nitrogens with one attached hydrogen (secondary N) is 1. The standard InChI is InChI=1S/C13H8N2O4/c16-9-4-5-14-6-8(9)12-15-11-7(13(17)18)2-1-3-10(11)19-12/h1-6H,(H,14,16)(H,17,18). The van der Waals surface area contributed by atoms with Gasteiger partial charge in [-0.3, -0.25) is 4.79 Å². The predicted molar refractivity (Wildman–Crippen MR) is 67.0 cm³/mol. The maximum atomic E-state index is 11.7. The van der Waals surface area contributed by atoms with Gasteiger partial charge in [-0.25, -0.2) is 9.78 Å². The van der Waals surface area contributed by atoms with Crippen LogP contribution in [-0.2, 0) is 0 Å². The SMILES string of the molecule is O=C(O)c1cccc2oc(-c3c[nH]ccc3=O)nc12. The summed E-state index contributed by atoms with van der Waals surface area (Å²) in [5.41, 5.74) is 0.614. The van der Waals surface area contributed by atoms with Crippen molar-refractivity contribution in [2.45, 2.75) is 0 Å². The minimum Gasteiger partial charge on any atom is -0.478 e. The van der Waals surface area contributed by atoms with Crippen LogP contribution in [-0.4, -0.2) is 21.0 Å². The molecule has 0 aliphatic carbocycles. The first-order valence-corrected chi connectivity index (χ1v) is 5.47. The lowest BCUT2D eigenvalue weighted by Gasteiger charge is -1.92. The number of rotatable bonds is 2. The highest BCUT2D eigenvalue weighted by atomic mass is 16.4. The van der Waals surface area contributed by atoms with E-state index in [0.29, 0.717) is 5.58 Å². The van der Waals surface area contributed by atoms with E-state index in [-0.39, 0.29) is 28.0 Å². The zero-order valence-corrected chi connectivity index (χ0v) is 9.58. The minimum absolute atomic E-state index is 0.0415. The fraction of sp³-hybridized carbons (Fsp3) is 0.